The van der Waals surface area contributed by atoms with Crippen LogP contribution < -0.4 is 9.79 Å². The molecule has 0 spiro atoms. The molecule has 2 atom stereocenters. The van der Waals surface area contributed by atoms with Crippen LogP contribution in [-0.4, -0.2) is 25.5 Å². The Labute approximate surface area is 229 Å². The summed E-state index contributed by atoms with van der Waals surface area (Å²) in [6, 6.07) is 0. The molecule has 0 rings (SSSR count). The standard InChI is InChI=1S/2C12H27O2PS.Zn/c2*1-3-5-7-8-9-10-12-15(13,16)14-11-6-4-2;/h2*3-12H2,1-2H3,(H,13,16);/q;;+2/p-2. The second-order valence-corrected chi connectivity index (χ2v) is 15.8. The SMILES string of the molecule is CCCCCCCCP([O-])(=S)OCCCC.CCCCCCCCP([O-])(=S)OCCCC.[Zn+2]. The zero-order valence-corrected chi connectivity index (χ0v) is 28.6. The third-order valence-electron chi connectivity index (χ3n) is 5.14. The zero-order valence-electron chi connectivity index (χ0n) is 22.2. The molecule has 0 bridgehead atoms. The number of hydrogen-bond acceptors (Lipinski definition) is 6. The fourth-order valence-corrected chi connectivity index (χ4v) is 6.51. The largest absolute Gasteiger partial charge is 2.00 e. The molecule has 0 fully saturated rings. The number of unbranched alkanes of at least 4 members (excludes halogenated alkanes) is 12. The summed E-state index contributed by atoms with van der Waals surface area (Å²) in [6.07, 6.45) is 19.6. The van der Waals surface area contributed by atoms with Gasteiger partial charge in [0.2, 0.25) is 0 Å². The third-order valence-corrected chi connectivity index (χ3v) is 9.75. The first kappa shape index (κ1) is 39.3. The Kier molecular flexibility index (Phi) is 33.7. The van der Waals surface area contributed by atoms with Crippen molar-refractivity contribution in [3.8, 4) is 0 Å². The summed E-state index contributed by atoms with van der Waals surface area (Å²) in [5.41, 5.74) is 0. The normalized spacial score (nSPS) is 14.5. The minimum atomic E-state index is -2.69. The molecule has 0 aliphatic heterocycles. The monoisotopic (exact) mass is 594 g/mol. The van der Waals surface area contributed by atoms with E-state index in [0.29, 0.717) is 25.5 Å². The van der Waals surface area contributed by atoms with E-state index in [-0.39, 0.29) is 19.5 Å². The van der Waals surface area contributed by atoms with Gasteiger partial charge < -0.3 is 18.8 Å². The maximum Gasteiger partial charge on any atom is 2.00 e. The van der Waals surface area contributed by atoms with Crippen LogP contribution in [0.15, 0.2) is 0 Å². The summed E-state index contributed by atoms with van der Waals surface area (Å²) in [5, 5.41) is 0. The maximum atomic E-state index is 11.8. The molecule has 0 N–H and O–H groups in total. The predicted octanol–water partition coefficient (Wildman–Crippen LogP) is 7.66. The molecule has 4 nitrogen and oxygen atoms in total. The molecule has 0 amide bonds. The minimum Gasteiger partial charge on any atom is -0.801 e. The van der Waals surface area contributed by atoms with Gasteiger partial charge in [-0.3, -0.25) is 0 Å². The molecule has 0 heterocycles. The summed E-state index contributed by atoms with van der Waals surface area (Å²) in [5.74, 6) is 0. The topological polar surface area (TPSA) is 64.6 Å². The first-order valence-corrected chi connectivity index (χ1v) is 18.8. The van der Waals surface area contributed by atoms with E-state index in [1.54, 1.807) is 0 Å². The van der Waals surface area contributed by atoms with Crippen molar-refractivity contribution in [1.82, 2.24) is 0 Å². The van der Waals surface area contributed by atoms with Crippen LogP contribution >= 0.6 is 13.0 Å². The van der Waals surface area contributed by atoms with Gasteiger partial charge in [-0.25, -0.2) is 0 Å². The molecule has 0 aromatic carbocycles. The van der Waals surface area contributed by atoms with Crippen molar-refractivity contribution >= 4 is 36.6 Å². The van der Waals surface area contributed by atoms with E-state index in [4.69, 9.17) is 32.7 Å². The zero-order chi connectivity index (χ0) is 24.6. The van der Waals surface area contributed by atoms with Gasteiger partial charge in [0.1, 0.15) is 0 Å². The van der Waals surface area contributed by atoms with E-state index in [1.165, 1.54) is 51.4 Å². The van der Waals surface area contributed by atoms with E-state index < -0.39 is 13.0 Å². The molecule has 0 saturated carbocycles. The molecule has 33 heavy (non-hydrogen) atoms. The van der Waals surface area contributed by atoms with E-state index >= 15 is 0 Å². The van der Waals surface area contributed by atoms with Gasteiger partial charge in [0.05, 0.1) is 13.2 Å². The van der Waals surface area contributed by atoms with Crippen LogP contribution in [-0.2, 0) is 52.1 Å². The molecule has 0 aliphatic carbocycles. The van der Waals surface area contributed by atoms with Crippen LogP contribution in [0, 0.1) is 0 Å². The van der Waals surface area contributed by atoms with Gasteiger partial charge in [0, 0.05) is 0 Å². The molecule has 0 radical (unpaired) electrons. The fraction of sp³-hybridized carbons (Fsp3) is 1.00. The Hall–Kier alpha value is 1.76. The number of hydrogen-bond donors (Lipinski definition) is 0. The first-order chi connectivity index (χ1) is 15.2. The molecular weight excluding hydrogens is 544 g/mol. The molecule has 0 aliphatic rings. The van der Waals surface area contributed by atoms with Gasteiger partial charge in [0.15, 0.2) is 0 Å². The number of rotatable bonds is 22. The second kappa shape index (κ2) is 28.3. The Morgan fingerprint density at radius 3 is 1.06 bits per heavy atom. The summed E-state index contributed by atoms with van der Waals surface area (Å²) >= 11 is 9.98. The van der Waals surface area contributed by atoms with Crippen molar-refractivity contribution in [2.24, 2.45) is 0 Å². The van der Waals surface area contributed by atoms with E-state index in [2.05, 4.69) is 27.7 Å². The van der Waals surface area contributed by atoms with Crippen LogP contribution in [0.2, 0.25) is 0 Å². The van der Waals surface area contributed by atoms with Crippen molar-refractivity contribution in [3.63, 3.8) is 0 Å². The van der Waals surface area contributed by atoms with Crippen LogP contribution in [0.1, 0.15) is 130 Å². The summed E-state index contributed by atoms with van der Waals surface area (Å²) in [6.45, 7) is 4.33. The third kappa shape index (κ3) is 33.8. The Morgan fingerprint density at radius 1 is 0.485 bits per heavy atom. The molecule has 0 saturated heterocycles. The summed E-state index contributed by atoms with van der Waals surface area (Å²) < 4.78 is 10.5. The Bertz CT molecular complexity index is 443. The van der Waals surface area contributed by atoms with Gasteiger partial charge >= 0.3 is 19.5 Å². The predicted molar refractivity (Wildman–Crippen MR) is 147 cm³/mol. The van der Waals surface area contributed by atoms with Crippen molar-refractivity contribution < 1.29 is 38.3 Å². The van der Waals surface area contributed by atoms with Crippen LogP contribution in [0.3, 0.4) is 0 Å². The van der Waals surface area contributed by atoms with E-state index in [0.717, 1.165) is 51.4 Å². The summed E-state index contributed by atoms with van der Waals surface area (Å²) in [7, 11) is 0. The molecule has 9 heteroatoms. The average Bonchev–Trinajstić information content (AvgIpc) is 2.74. The smallest absolute Gasteiger partial charge is 0.801 e. The average molecular weight is 596 g/mol. The summed E-state index contributed by atoms with van der Waals surface area (Å²) in [4.78, 5) is 23.5. The van der Waals surface area contributed by atoms with Gasteiger partial charge in [-0.15, -0.1) is 0 Å². The van der Waals surface area contributed by atoms with Gasteiger partial charge in [-0.05, 0) is 51.0 Å². The molecule has 196 valence electrons. The molecule has 0 aromatic rings. The van der Waals surface area contributed by atoms with Gasteiger partial charge in [-0.2, -0.15) is 0 Å². The maximum absolute atomic E-state index is 11.8. The first-order valence-electron chi connectivity index (χ1n) is 13.1. The minimum absolute atomic E-state index is 0. The fourth-order valence-electron chi connectivity index (χ4n) is 3.00. The van der Waals surface area contributed by atoms with Gasteiger partial charge in [0.25, 0.3) is 0 Å². The van der Waals surface area contributed by atoms with E-state index in [9.17, 15) is 9.79 Å². The van der Waals surface area contributed by atoms with E-state index in [1.807, 2.05) is 0 Å². The molecule has 2 unspecified atom stereocenters. The molecular formula is C24H52O4P2S2Zn. The Balaban J connectivity index is -0.000000529. The second-order valence-electron chi connectivity index (χ2n) is 8.58. The van der Waals surface area contributed by atoms with Crippen LogP contribution in [0.5, 0.6) is 0 Å². The van der Waals surface area contributed by atoms with Crippen molar-refractivity contribution in [3.05, 3.63) is 0 Å². The van der Waals surface area contributed by atoms with Crippen LogP contribution in [0.4, 0.5) is 0 Å². The molecule has 0 aromatic heterocycles. The van der Waals surface area contributed by atoms with Crippen molar-refractivity contribution in [2.45, 2.75) is 130 Å². The quantitative estimate of drug-likeness (QED) is 0.0727. The van der Waals surface area contributed by atoms with Gasteiger partial charge in [-0.1, -0.05) is 128 Å². The van der Waals surface area contributed by atoms with Crippen molar-refractivity contribution in [1.29, 1.82) is 0 Å². The Morgan fingerprint density at radius 2 is 0.758 bits per heavy atom. The van der Waals surface area contributed by atoms with Crippen molar-refractivity contribution in [2.75, 3.05) is 25.5 Å². The van der Waals surface area contributed by atoms with Crippen LogP contribution in [0.25, 0.3) is 0 Å².